The molecule has 1 amide bonds. The van der Waals surface area contributed by atoms with Crippen molar-refractivity contribution in [3.63, 3.8) is 0 Å². The van der Waals surface area contributed by atoms with Gasteiger partial charge in [-0.1, -0.05) is 30.3 Å². The number of nitrogens with zero attached hydrogens (tertiary/aromatic N) is 5. The summed E-state index contributed by atoms with van der Waals surface area (Å²) in [5.74, 6) is 1.15. The summed E-state index contributed by atoms with van der Waals surface area (Å²) >= 11 is 0. The summed E-state index contributed by atoms with van der Waals surface area (Å²) in [6, 6.07) is 11.8. The molecule has 8 heteroatoms. The molecule has 1 aromatic carbocycles. The van der Waals surface area contributed by atoms with Gasteiger partial charge in [0.15, 0.2) is 0 Å². The molecule has 1 saturated heterocycles. The molecule has 138 valence electrons. The first kappa shape index (κ1) is 17.1. The number of carbonyl (C=O) groups is 1. The largest absolute Gasteiger partial charge is 0.477 e. The fourth-order valence-corrected chi connectivity index (χ4v) is 3.15. The van der Waals surface area contributed by atoms with Crippen molar-refractivity contribution in [3.05, 3.63) is 54.9 Å². The maximum Gasteiger partial charge on any atom is 0.291 e. The van der Waals surface area contributed by atoms with Crippen LogP contribution in [0.25, 0.3) is 11.3 Å². The highest BCUT2D eigenvalue weighted by molar-refractivity contribution is 5.90. The molecule has 1 aliphatic heterocycles. The fourth-order valence-electron chi connectivity index (χ4n) is 3.15. The van der Waals surface area contributed by atoms with Gasteiger partial charge in [0, 0.05) is 24.7 Å². The van der Waals surface area contributed by atoms with Gasteiger partial charge in [0.05, 0.1) is 12.3 Å². The van der Waals surface area contributed by atoms with Crippen molar-refractivity contribution in [2.24, 2.45) is 5.92 Å². The van der Waals surface area contributed by atoms with Crippen molar-refractivity contribution in [2.45, 2.75) is 12.8 Å². The second kappa shape index (κ2) is 7.94. The molecular formula is C19H20N6O2. The molecule has 0 spiro atoms. The third-order valence-electron chi connectivity index (χ3n) is 4.70. The number of rotatable bonds is 5. The number of carbonyl (C=O) groups excluding carboxylic acids is 1. The third-order valence-corrected chi connectivity index (χ3v) is 4.70. The van der Waals surface area contributed by atoms with Gasteiger partial charge in [0.1, 0.15) is 12.7 Å². The fraction of sp³-hybridized carbons (Fsp3) is 0.316. The van der Waals surface area contributed by atoms with Crippen LogP contribution in [0.4, 0.5) is 0 Å². The molecular weight excluding hydrogens is 344 g/mol. The van der Waals surface area contributed by atoms with Gasteiger partial charge in [-0.15, -0.1) is 0 Å². The van der Waals surface area contributed by atoms with E-state index in [4.69, 9.17) is 4.74 Å². The minimum Gasteiger partial charge on any atom is -0.477 e. The summed E-state index contributed by atoms with van der Waals surface area (Å²) in [5.41, 5.74) is 1.87. The average molecular weight is 364 g/mol. The molecule has 0 atom stereocenters. The van der Waals surface area contributed by atoms with Crippen molar-refractivity contribution in [2.75, 3.05) is 19.7 Å². The van der Waals surface area contributed by atoms with Crippen LogP contribution in [-0.4, -0.2) is 55.7 Å². The molecule has 4 rings (SSSR count). The van der Waals surface area contributed by atoms with Gasteiger partial charge >= 0.3 is 0 Å². The number of piperidine rings is 1. The van der Waals surface area contributed by atoms with E-state index in [1.54, 1.807) is 4.90 Å². The summed E-state index contributed by atoms with van der Waals surface area (Å²) in [6.07, 6.45) is 4.64. The molecule has 1 aliphatic rings. The van der Waals surface area contributed by atoms with Gasteiger partial charge in [0.2, 0.25) is 11.7 Å². The number of ether oxygens (including phenoxy) is 1. The Morgan fingerprint density at radius 1 is 1.11 bits per heavy atom. The second-order valence-corrected chi connectivity index (χ2v) is 6.49. The second-order valence-electron chi connectivity index (χ2n) is 6.49. The number of H-pyrrole nitrogens is 1. The van der Waals surface area contributed by atoms with E-state index >= 15 is 0 Å². The minimum atomic E-state index is -0.102. The Hall–Kier alpha value is -3.29. The highest BCUT2D eigenvalue weighted by Crippen LogP contribution is 2.22. The number of amides is 1. The van der Waals surface area contributed by atoms with Crippen molar-refractivity contribution in [3.8, 4) is 17.1 Å². The summed E-state index contributed by atoms with van der Waals surface area (Å²) in [6.45, 7) is 1.95. The zero-order valence-corrected chi connectivity index (χ0v) is 14.8. The maximum absolute atomic E-state index is 12.3. The zero-order chi connectivity index (χ0) is 18.5. The standard InChI is InChI=1S/C19H20N6O2/c26-19(18-22-13-23-24-18)25-8-6-14(7-9-25)11-27-17-10-16(20-12-21-17)15-4-2-1-3-5-15/h1-5,10,12-14H,6-9,11H2,(H,22,23,24). The average Bonchev–Trinajstić information content (AvgIpc) is 3.28. The number of aromatic nitrogens is 5. The van der Waals surface area contributed by atoms with Crippen LogP contribution < -0.4 is 4.74 Å². The maximum atomic E-state index is 12.3. The van der Waals surface area contributed by atoms with E-state index in [1.807, 2.05) is 36.4 Å². The van der Waals surface area contributed by atoms with Crippen LogP contribution in [0.1, 0.15) is 23.5 Å². The lowest BCUT2D eigenvalue weighted by molar-refractivity contribution is 0.0647. The highest BCUT2D eigenvalue weighted by Gasteiger charge is 2.25. The van der Waals surface area contributed by atoms with E-state index in [1.165, 1.54) is 12.7 Å². The SMILES string of the molecule is O=C(c1ncn[nH]1)N1CCC(COc2cc(-c3ccccc3)ncn2)CC1. The van der Waals surface area contributed by atoms with E-state index in [9.17, 15) is 4.79 Å². The molecule has 1 N–H and O–H groups in total. The summed E-state index contributed by atoms with van der Waals surface area (Å²) < 4.78 is 5.89. The van der Waals surface area contributed by atoms with E-state index < -0.39 is 0 Å². The van der Waals surface area contributed by atoms with Crippen LogP contribution in [0.2, 0.25) is 0 Å². The topological polar surface area (TPSA) is 96.9 Å². The Morgan fingerprint density at radius 2 is 1.93 bits per heavy atom. The molecule has 3 aromatic rings. The lowest BCUT2D eigenvalue weighted by Crippen LogP contribution is -2.40. The van der Waals surface area contributed by atoms with Crippen LogP contribution in [0, 0.1) is 5.92 Å². The molecule has 0 bridgehead atoms. The van der Waals surface area contributed by atoms with Gasteiger partial charge in [-0.25, -0.2) is 15.0 Å². The Bertz CT molecular complexity index is 876. The summed E-state index contributed by atoms with van der Waals surface area (Å²) in [5, 5.41) is 6.35. The van der Waals surface area contributed by atoms with Gasteiger partial charge in [-0.2, -0.15) is 5.10 Å². The highest BCUT2D eigenvalue weighted by atomic mass is 16.5. The van der Waals surface area contributed by atoms with Gasteiger partial charge in [0.25, 0.3) is 5.91 Å². The first-order valence-electron chi connectivity index (χ1n) is 8.94. The molecule has 3 heterocycles. The number of hydrogen-bond acceptors (Lipinski definition) is 6. The summed E-state index contributed by atoms with van der Waals surface area (Å²) in [4.78, 5) is 26.5. The number of nitrogens with one attached hydrogen (secondary N) is 1. The van der Waals surface area contributed by atoms with Crippen LogP contribution >= 0.6 is 0 Å². The smallest absolute Gasteiger partial charge is 0.291 e. The van der Waals surface area contributed by atoms with Crippen LogP contribution in [0.15, 0.2) is 49.1 Å². The van der Waals surface area contributed by atoms with Crippen LogP contribution in [0.5, 0.6) is 5.88 Å². The molecule has 0 unspecified atom stereocenters. The monoisotopic (exact) mass is 364 g/mol. The van der Waals surface area contributed by atoms with Crippen LogP contribution in [-0.2, 0) is 0 Å². The molecule has 1 fully saturated rings. The van der Waals surface area contributed by atoms with Crippen molar-refractivity contribution >= 4 is 5.91 Å². The summed E-state index contributed by atoms with van der Waals surface area (Å²) in [7, 11) is 0. The van der Waals surface area contributed by atoms with E-state index in [2.05, 4.69) is 25.1 Å². The predicted octanol–water partition coefficient (Wildman–Crippen LogP) is 2.19. The molecule has 27 heavy (non-hydrogen) atoms. The Balaban J connectivity index is 1.30. The minimum absolute atomic E-state index is 0.102. The Morgan fingerprint density at radius 3 is 2.67 bits per heavy atom. The molecule has 0 radical (unpaired) electrons. The van der Waals surface area contributed by atoms with Crippen molar-refractivity contribution in [1.82, 2.24) is 30.0 Å². The van der Waals surface area contributed by atoms with Gasteiger partial charge in [-0.3, -0.25) is 9.89 Å². The Labute approximate surface area is 156 Å². The quantitative estimate of drug-likeness (QED) is 0.745. The lowest BCUT2D eigenvalue weighted by atomic mass is 9.98. The van der Waals surface area contributed by atoms with E-state index in [-0.39, 0.29) is 5.91 Å². The Kier molecular flexibility index (Phi) is 5.04. The van der Waals surface area contributed by atoms with Crippen molar-refractivity contribution in [1.29, 1.82) is 0 Å². The van der Waals surface area contributed by atoms with Gasteiger partial charge in [-0.05, 0) is 18.8 Å². The lowest BCUT2D eigenvalue weighted by Gasteiger charge is -2.31. The number of benzene rings is 1. The molecule has 2 aromatic heterocycles. The molecule has 0 saturated carbocycles. The van der Waals surface area contributed by atoms with E-state index in [0.29, 0.717) is 37.3 Å². The molecule has 0 aliphatic carbocycles. The predicted molar refractivity (Wildman–Crippen MR) is 98.0 cm³/mol. The van der Waals surface area contributed by atoms with Crippen LogP contribution in [0.3, 0.4) is 0 Å². The molecule has 8 nitrogen and oxygen atoms in total. The van der Waals surface area contributed by atoms with E-state index in [0.717, 1.165) is 24.1 Å². The zero-order valence-electron chi connectivity index (χ0n) is 14.8. The first-order valence-corrected chi connectivity index (χ1v) is 8.94. The number of aromatic amines is 1. The normalized spacial score (nSPS) is 14.9. The number of hydrogen-bond donors (Lipinski definition) is 1. The van der Waals surface area contributed by atoms with Gasteiger partial charge < -0.3 is 9.64 Å². The van der Waals surface area contributed by atoms with Crippen molar-refractivity contribution < 1.29 is 9.53 Å². The first-order chi connectivity index (χ1) is 13.3. The number of likely N-dealkylation sites (tertiary alicyclic amines) is 1. The third kappa shape index (κ3) is 4.11.